The average Bonchev–Trinajstić information content (AvgIpc) is 2.95. The number of carbonyl (C=O) groups excluding carboxylic acids is 2. The molecule has 0 aliphatic carbocycles. The number of benzene rings is 1. The van der Waals surface area contributed by atoms with E-state index in [1.807, 2.05) is 5.43 Å². The van der Waals surface area contributed by atoms with Gasteiger partial charge in [-0.25, -0.2) is 4.79 Å². The van der Waals surface area contributed by atoms with E-state index in [2.05, 4.69) is 14.6 Å². The van der Waals surface area contributed by atoms with Gasteiger partial charge in [-0.2, -0.15) is 18.3 Å². The minimum absolute atomic E-state index is 0.265. The van der Waals surface area contributed by atoms with Gasteiger partial charge in [-0.15, -0.1) is 0 Å². The van der Waals surface area contributed by atoms with Crippen molar-refractivity contribution in [1.29, 1.82) is 0 Å². The fraction of sp³-hybridized carbons (Fsp3) is 0.400. The van der Waals surface area contributed by atoms with Crippen LogP contribution in [0.25, 0.3) is 0 Å². The first kappa shape index (κ1) is 17.8. The Balaban J connectivity index is 2.68. The summed E-state index contributed by atoms with van der Waals surface area (Å²) in [4.78, 5) is 23.9. The Hall–Kier alpha value is -2.58. The van der Waals surface area contributed by atoms with Gasteiger partial charge in [-0.05, 0) is 12.5 Å². The number of methoxy groups -OCH3 is 2. The first-order valence-electron chi connectivity index (χ1n) is 6.83. The zero-order valence-electron chi connectivity index (χ0n) is 13.1. The second-order valence-corrected chi connectivity index (χ2v) is 5.23. The van der Waals surface area contributed by atoms with Crippen LogP contribution in [0.1, 0.15) is 11.1 Å². The molecule has 0 amide bonds. The van der Waals surface area contributed by atoms with Gasteiger partial charge in [0.2, 0.25) is 0 Å². The van der Waals surface area contributed by atoms with Gasteiger partial charge in [0.25, 0.3) is 0 Å². The van der Waals surface area contributed by atoms with Crippen LogP contribution in [0, 0.1) is 12.8 Å². The lowest BCUT2D eigenvalue weighted by Gasteiger charge is -2.35. The van der Waals surface area contributed by atoms with E-state index in [1.54, 1.807) is 6.92 Å². The number of ether oxygens (including phenoxy) is 2. The van der Waals surface area contributed by atoms with Gasteiger partial charge in [0, 0.05) is 0 Å². The third-order valence-electron chi connectivity index (χ3n) is 3.84. The molecular weight excluding hydrogens is 329 g/mol. The Morgan fingerprint density at radius 2 is 1.75 bits per heavy atom. The van der Waals surface area contributed by atoms with Crippen molar-refractivity contribution in [3.05, 3.63) is 35.4 Å². The van der Waals surface area contributed by atoms with Crippen LogP contribution in [-0.4, -0.2) is 38.0 Å². The first-order valence-corrected chi connectivity index (χ1v) is 6.83. The zero-order chi connectivity index (χ0) is 18.1. The molecule has 0 radical (unpaired) electrons. The van der Waals surface area contributed by atoms with E-state index >= 15 is 0 Å². The number of carbonyl (C=O) groups is 2. The lowest BCUT2D eigenvalue weighted by Crippen LogP contribution is -2.58. The topological polar surface area (TPSA) is 77.0 Å². The third kappa shape index (κ3) is 2.59. The number of halogens is 3. The molecule has 2 rings (SSSR count). The highest BCUT2D eigenvalue weighted by Gasteiger charge is 2.68. The molecule has 0 saturated heterocycles. The predicted molar refractivity (Wildman–Crippen MR) is 77.0 cm³/mol. The summed E-state index contributed by atoms with van der Waals surface area (Å²) in [6, 6.07) is 5.38. The first-order chi connectivity index (χ1) is 11.2. The maximum atomic E-state index is 14.0. The Morgan fingerprint density at radius 3 is 2.21 bits per heavy atom. The van der Waals surface area contributed by atoms with Crippen molar-refractivity contribution in [2.75, 3.05) is 14.2 Å². The zero-order valence-corrected chi connectivity index (χ0v) is 13.1. The molecule has 0 saturated carbocycles. The molecular formula is C15H15F3N2O4. The van der Waals surface area contributed by atoms with Gasteiger partial charge >= 0.3 is 18.1 Å². The standard InChI is InChI=1S/C15H15F3N2O4/c1-8-4-6-9(7-5-8)14(15(16,17)18)10(12(21)23-2)11(19-20-14)13(22)24-3/h4-7,10,20H,1-3H3. The Bertz CT molecular complexity index is 685. The number of hydrogen-bond acceptors (Lipinski definition) is 6. The summed E-state index contributed by atoms with van der Waals surface area (Å²) in [5.41, 5.74) is -1.21. The van der Waals surface area contributed by atoms with E-state index < -0.39 is 35.3 Å². The summed E-state index contributed by atoms with van der Waals surface area (Å²) < 4.78 is 50.9. The Morgan fingerprint density at radius 1 is 1.17 bits per heavy atom. The fourth-order valence-electron chi connectivity index (χ4n) is 2.60. The van der Waals surface area contributed by atoms with E-state index in [1.165, 1.54) is 24.3 Å². The summed E-state index contributed by atoms with van der Waals surface area (Å²) in [6.07, 6.45) is -4.94. The fourth-order valence-corrected chi connectivity index (χ4v) is 2.60. The SMILES string of the molecule is COC(=O)C1=NNC(c2ccc(C)cc2)(C(F)(F)F)C1C(=O)OC. The molecule has 0 fully saturated rings. The molecule has 1 aromatic rings. The van der Waals surface area contributed by atoms with E-state index in [-0.39, 0.29) is 5.56 Å². The normalized spacial score (nSPS) is 23.2. The van der Waals surface area contributed by atoms with Gasteiger partial charge in [-0.3, -0.25) is 10.2 Å². The molecule has 24 heavy (non-hydrogen) atoms. The highest BCUT2D eigenvalue weighted by Crippen LogP contribution is 2.48. The molecule has 2 unspecified atom stereocenters. The summed E-state index contributed by atoms with van der Waals surface area (Å²) in [5, 5.41) is 3.45. The molecule has 1 aliphatic heterocycles. The van der Waals surface area contributed by atoms with E-state index in [9.17, 15) is 22.8 Å². The largest absolute Gasteiger partial charge is 0.468 e. The van der Waals surface area contributed by atoms with Gasteiger partial charge < -0.3 is 9.47 Å². The van der Waals surface area contributed by atoms with Crippen LogP contribution in [0.2, 0.25) is 0 Å². The number of hydrogen-bond donors (Lipinski definition) is 1. The summed E-state index contributed by atoms with van der Waals surface area (Å²) in [7, 11) is 1.92. The second kappa shape index (κ2) is 6.14. The van der Waals surface area contributed by atoms with Crippen LogP contribution >= 0.6 is 0 Å². The van der Waals surface area contributed by atoms with Crippen molar-refractivity contribution in [2.45, 2.75) is 18.6 Å². The third-order valence-corrected chi connectivity index (χ3v) is 3.84. The van der Waals surface area contributed by atoms with Crippen molar-refractivity contribution >= 4 is 17.7 Å². The minimum Gasteiger partial charge on any atom is -0.468 e. The minimum atomic E-state index is -4.94. The van der Waals surface area contributed by atoms with Gasteiger partial charge in [0.15, 0.2) is 11.3 Å². The number of aryl methyl sites for hydroxylation is 1. The molecule has 0 bridgehead atoms. The van der Waals surface area contributed by atoms with Crippen LogP contribution in [-0.2, 0) is 24.6 Å². The highest BCUT2D eigenvalue weighted by atomic mass is 19.4. The van der Waals surface area contributed by atoms with Crippen LogP contribution in [0.4, 0.5) is 13.2 Å². The van der Waals surface area contributed by atoms with Gasteiger partial charge in [0.1, 0.15) is 5.92 Å². The number of rotatable bonds is 3. The molecule has 0 aromatic heterocycles. The van der Waals surface area contributed by atoms with E-state index in [4.69, 9.17) is 0 Å². The summed E-state index contributed by atoms with van der Waals surface area (Å²) in [6.45, 7) is 1.71. The molecule has 9 heteroatoms. The monoisotopic (exact) mass is 344 g/mol. The van der Waals surface area contributed by atoms with Crippen LogP contribution in [0.15, 0.2) is 29.4 Å². The molecule has 1 heterocycles. The number of nitrogens with zero attached hydrogens (tertiary/aromatic N) is 1. The summed E-state index contributed by atoms with van der Waals surface area (Å²) in [5.74, 6) is -4.42. The predicted octanol–water partition coefficient (Wildman–Crippen LogP) is 1.67. The summed E-state index contributed by atoms with van der Waals surface area (Å²) >= 11 is 0. The highest BCUT2D eigenvalue weighted by molar-refractivity contribution is 6.41. The lowest BCUT2D eigenvalue weighted by atomic mass is 9.76. The number of nitrogens with one attached hydrogen (secondary N) is 1. The second-order valence-electron chi connectivity index (χ2n) is 5.23. The quantitative estimate of drug-likeness (QED) is 0.844. The van der Waals surface area contributed by atoms with Crippen molar-refractivity contribution in [1.82, 2.24) is 5.43 Å². The average molecular weight is 344 g/mol. The van der Waals surface area contributed by atoms with Gasteiger partial charge in [0.05, 0.1) is 14.2 Å². The molecule has 2 atom stereocenters. The van der Waals surface area contributed by atoms with E-state index in [0.717, 1.165) is 19.8 Å². The van der Waals surface area contributed by atoms with Gasteiger partial charge in [-0.1, -0.05) is 29.8 Å². The van der Waals surface area contributed by atoms with Crippen molar-refractivity contribution < 1.29 is 32.2 Å². The molecule has 1 aromatic carbocycles. The maximum Gasteiger partial charge on any atom is 0.418 e. The number of hydrazone groups is 1. The molecule has 1 aliphatic rings. The van der Waals surface area contributed by atoms with Crippen molar-refractivity contribution in [3.63, 3.8) is 0 Å². The molecule has 130 valence electrons. The van der Waals surface area contributed by atoms with E-state index in [0.29, 0.717) is 0 Å². The van der Waals surface area contributed by atoms with Crippen LogP contribution in [0.3, 0.4) is 0 Å². The molecule has 0 spiro atoms. The Labute approximate surface area is 135 Å². The number of esters is 2. The molecule has 1 N–H and O–H groups in total. The maximum absolute atomic E-state index is 14.0. The van der Waals surface area contributed by atoms with Crippen molar-refractivity contribution in [2.24, 2.45) is 11.0 Å². The van der Waals surface area contributed by atoms with Crippen molar-refractivity contribution in [3.8, 4) is 0 Å². The van der Waals surface area contributed by atoms with Crippen LogP contribution < -0.4 is 5.43 Å². The lowest BCUT2D eigenvalue weighted by molar-refractivity contribution is -0.212. The molecule has 6 nitrogen and oxygen atoms in total. The van der Waals surface area contributed by atoms with Crippen LogP contribution in [0.5, 0.6) is 0 Å². The number of alkyl halides is 3. The smallest absolute Gasteiger partial charge is 0.418 e. The Kier molecular flexibility index (Phi) is 4.54.